The van der Waals surface area contributed by atoms with Crippen LogP contribution in [-0.2, 0) is 6.54 Å². The lowest BCUT2D eigenvalue weighted by atomic mass is 10.1. The van der Waals surface area contributed by atoms with Gasteiger partial charge < -0.3 is 10.2 Å². The largest absolute Gasteiger partial charge is 0.345 e. The van der Waals surface area contributed by atoms with Crippen LogP contribution < -0.4 is 10.2 Å². The highest BCUT2D eigenvalue weighted by Crippen LogP contribution is 2.24. The zero-order valence-electron chi connectivity index (χ0n) is 15.8. The highest BCUT2D eigenvalue weighted by Gasteiger charge is 2.25. The molecule has 0 amide bonds. The Kier molecular flexibility index (Phi) is 5.54. The minimum absolute atomic E-state index is 0.768. The van der Waals surface area contributed by atoms with Gasteiger partial charge in [0.25, 0.3) is 0 Å². The molecule has 2 aromatic carbocycles. The summed E-state index contributed by atoms with van der Waals surface area (Å²) in [6.07, 6.45) is 1.32. The zero-order chi connectivity index (χ0) is 17.8. The van der Waals surface area contributed by atoms with E-state index in [1.165, 1.54) is 62.6 Å². The van der Waals surface area contributed by atoms with Gasteiger partial charge in [0.15, 0.2) is 0 Å². The van der Waals surface area contributed by atoms with Crippen molar-refractivity contribution in [2.75, 3.05) is 51.2 Å². The second kappa shape index (κ2) is 8.21. The van der Waals surface area contributed by atoms with Crippen LogP contribution in [0.4, 0.5) is 11.4 Å². The number of hydrogen-bond donors (Lipinski definition) is 1. The third-order valence-electron chi connectivity index (χ3n) is 5.83. The van der Waals surface area contributed by atoms with Gasteiger partial charge in [-0.25, -0.2) is 0 Å². The normalized spacial score (nSPS) is 21.8. The fourth-order valence-corrected chi connectivity index (χ4v) is 4.12. The number of benzene rings is 2. The van der Waals surface area contributed by atoms with Gasteiger partial charge in [-0.05, 0) is 42.8 Å². The molecule has 0 saturated carbocycles. The molecule has 138 valence electrons. The van der Waals surface area contributed by atoms with Gasteiger partial charge in [-0.2, -0.15) is 0 Å². The smallest absolute Gasteiger partial charge is 0.0408 e. The van der Waals surface area contributed by atoms with Crippen LogP contribution in [-0.4, -0.2) is 62.2 Å². The number of anilines is 2. The van der Waals surface area contributed by atoms with Crippen molar-refractivity contribution >= 4 is 11.4 Å². The molecule has 0 unspecified atom stereocenters. The Morgan fingerprint density at radius 2 is 1.62 bits per heavy atom. The van der Waals surface area contributed by atoms with E-state index in [4.69, 9.17) is 0 Å². The monoisotopic (exact) mass is 350 g/mol. The van der Waals surface area contributed by atoms with Crippen LogP contribution in [0.15, 0.2) is 54.6 Å². The number of hydrogen-bond acceptors (Lipinski definition) is 4. The van der Waals surface area contributed by atoms with Gasteiger partial charge in [0.1, 0.15) is 0 Å². The number of piperazine rings is 1. The maximum absolute atomic E-state index is 3.49. The van der Waals surface area contributed by atoms with Crippen LogP contribution >= 0.6 is 0 Å². The summed E-state index contributed by atoms with van der Waals surface area (Å²) in [6.45, 7) is 8.21. The number of nitrogens with zero attached hydrogens (tertiary/aromatic N) is 3. The van der Waals surface area contributed by atoms with Gasteiger partial charge in [0.2, 0.25) is 0 Å². The maximum Gasteiger partial charge on any atom is 0.0408 e. The maximum atomic E-state index is 3.49. The molecule has 4 rings (SSSR count). The Morgan fingerprint density at radius 3 is 2.27 bits per heavy atom. The molecular weight excluding hydrogens is 320 g/mol. The van der Waals surface area contributed by atoms with E-state index < -0.39 is 0 Å². The molecule has 2 aliphatic heterocycles. The van der Waals surface area contributed by atoms with E-state index in [0.717, 1.165) is 12.6 Å². The Labute approximate surface area is 157 Å². The van der Waals surface area contributed by atoms with Gasteiger partial charge >= 0.3 is 0 Å². The lowest BCUT2D eigenvalue weighted by Gasteiger charge is -2.37. The molecule has 1 N–H and O–H groups in total. The van der Waals surface area contributed by atoms with Gasteiger partial charge in [0, 0.05) is 63.7 Å². The van der Waals surface area contributed by atoms with Crippen LogP contribution in [0.3, 0.4) is 0 Å². The Balaban J connectivity index is 1.30. The lowest BCUT2D eigenvalue weighted by Crippen LogP contribution is -2.50. The second-order valence-corrected chi connectivity index (χ2v) is 7.52. The van der Waals surface area contributed by atoms with Crippen LogP contribution in [0.2, 0.25) is 0 Å². The van der Waals surface area contributed by atoms with E-state index in [0.29, 0.717) is 0 Å². The molecule has 2 aliphatic rings. The van der Waals surface area contributed by atoms with Crippen molar-refractivity contribution in [3.63, 3.8) is 0 Å². The molecule has 2 heterocycles. The first-order valence-electron chi connectivity index (χ1n) is 9.84. The Hall–Kier alpha value is -1.88. The molecule has 0 spiro atoms. The topological polar surface area (TPSA) is 21.8 Å². The summed E-state index contributed by atoms with van der Waals surface area (Å²) in [4.78, 5) is 7.50. The minimum Gasteiger partial charge on any atom is -0.345 e. The fraction of sp³-hybridized carbons (Fsp3) is 0.455. The van der Waals surface area contributed by atoms with Crippen LogP contribution in [0.5, 0.6) is 0 Å². The molecule has 0 radical (unpaired) electrons. The molecule has 2 fully saturated rings. The lowest BCUT2D eigenvalue weighted by molar-refractivity contribution is 0.0981. The molecule has 0 aliphatic carbocycles. The molecule has 1 atom stereocenters. The predicted molar refractivity (Wildman–Crippen MR) is 109 cm³/mol. The summed E-state index contributed by atoms with van der Waals surface area (Å²) in [5, 5.41) is 3.49. The van der Waals surface area contributed by atoms with E-state index in [2.05, 4.69) is 81.7 Å². The summed E-state index contributed by atoms with van der Waals surface area (Å²) in [5.41, 5.74) is 3.86. The van der Waals surface area contributed by atoms with Crippen molar-refractivity contribution in [1.82, 2.24) is 15.1 Å². The first-order chi connectivity index (χ1) is 12.8. The highest BCUT2D eigenvalue weighted by atomic mass is 15.3. The van der Waals surface area contributed by atoms with Crippen molar-refractivity contribution in [1.29, 1.82) is 0 Å². The van der Waals surface area contributed by atoms with Crippen molar-refractivity contribution in [2.45, 2.75) is 19.0 Å². The molecule has 26 heavy (non-hydrogen) atoms. The fourth-order valence-electron chi connectivity index (χ4n) is 4.12. The molecule has 4 nitrogen and oxygen atoms in total. The summed E-state index contributed by atoms with van der Waals surface area (Å²) in [7, 11) is 2.13. The standard InChI is InChI=1S/C22H30N4/c1-24(20-5-3-2-4-6-20)21-9-7-19(8-10-21)18-25-13-15-26(16-14-25)22-11-12-23-17-22/h2-10,22-23H,11-18H2,1H3/t22-/m0/s1. The van der Waals surface area contributed by atoms with Gasteiger partial charge in [-0.3, -0.25) is 9.80 Å². The van der Waals surface area contributed by atoms with E-state index >= 15 is 0 Å². The van der Waals surface area contributed by atoms with Crippen molar-refractivity contribution in [3.8, 4) is 0 Å². The molecule has 0 bridgehead atoms. The predicted octanol–water partition coefficient (Wildman–Crippen LogP) is 2.93. The quantitative estimate of drug-likeness (QED) is 0.895. The Bertz CT molecular complexity index is 671. The molecule has 4 heteroatoms. The number of para-hydroxylation sites is 1. The first-order valence-corrected chi connectivity index (χ1v) is 9.84. The summed E-state index contributed by atoms with van der Waals surface area (Å²) < 4.78 is 0. The molecule has 2 saturated heterocycles. The van der Waals surface area contributed by atoms with E-state index in [1.54, 1.807) is 0 Å². The van der Waals surface area contributed by atoms with E-state index in [-0.39, 0.29) is 0 Å². The molecule has 0 aromatic heterocycles. The molecule has 2 aromatic rings. The van der Waals surface area contributed by atoms with Crippen LogP contribution in [0, 0.1) is 0 Å². The number of rotatable bonds is 5. The zero-order valence-corrected chi connectivity index (χ0v) is 15.8. The summed E-state index contributed by atoms with van der Waals surface area (Å²) in [5.74, 6) is 0. The van der Waals surface area contributed by atoms with E-state index in [1.807, 2.05) is 0 Å². The van der Waals surface area contributed by atoms with Gasteiger partial charge in [0.05, 0.1) is 0 Å². The average molecular weight is 351 g/mol. The Morgan fingerprint density at radius 1 is 0.923 bits per heavy atom. The first kappa shape index (κ1) is 17.5. The molecular formula is C22H30N4. The van der Waals surface area contributed by atoms with Crippen molar-refractivity contribution in [2.24, 2.45) is 0 Å². The van der Waals surface area contributed by atoms with E-state index in [9.17, 15) is 0 Å². The summed E-state index contributed by atoms with van der Waals surface area (Å²) in [6, 6.07) is 20.3. The summed E-state index contributed by atoms with van der Waals surface area (Å²) >= 11 is 0. The SMILES string of the molecule is CN(c1ccccc1)c1ccc(CN2CCN([C@H]3CCNC3)CC2)cc1. The third-order valence-corrected chi connectivity index (χ3v) is 5.83. The van der Waals surface area contributed by atoms with Gasteiger partial charge in [-0.1, -0.05) is 30.3 Å². The van der Waals surface area contributed by atoms with Gasteiger partial charge in [-0.15, -0.1) is 0 Å². The van der Waals surface area contributed by atoms with Crippen molar-refractivity contribution in [3.05, 3.63) is 60.2 Å². The average Bonchev–Trinajstić information content (AvgIpc) is 3.24. The van der Waals surface area contributed by atoms with Crippen molar-refractivity contribution < 1.29 is 0 Å². The minimum atomic E-state index is 0.768. The highest BCUT2D eigenvalue weighted by molar-refractivity contribution is 5.62. The second-order valence-electron chi connectivity index (χ2n) is 7.52. The van der Waals surface area contributed by atoms with Crippen LogP contribution in [0.25, 0.3) is 0 Å². The van der Waals surface area contributed by atoms with Crippen LogP contribution in [0.1, 0.15) is 12.0 Å². The third kappa shape index (κ3) is 4.09. The number of nitrogens with one attached hydrogen (secondary N) is 1.